The molecule has 0 aliphatic carbocycles. The zero-order valence-corrected chi connectivity index (χ0v) is 13.1. The number of nitrogens with one attached hydrogen (secondary N) is 1. The minimum Gasteiger partial charge on any atom is -0.389 e. The molecule has 1 saturated heterocycles. The van der Waals surface area contributed by atoms with Crippen molar-refractivity contribution >= 4 is 0 Å². The van der Waals surface area contributed by atoms with Crippen LogP contribution in [0.15, 0.2) is 0 Å². The summed E-state index contributed by atoms with van der Waals surface area (Å²) in [5, 5.41) is 13.9. The molecule has 1 heterocycles. The molecule has 0 radical (unpaired) electrons. The second kappa shape index (κ2) is 8.20. The first kappa shape index (κ1) is 16.9. The molecule has 0 bridgehead atoms. The number of aliphatic hydroxyl groups is 1. The Morgan fingerprint density at radius 2 is 2.21 bits per heavy atom. The van der Waals surface area contributed by atoms with Gasteiger partial charge < -0.3 is 20.1 Å². The smallest absolute Gasteiger partial charge is 0.0768 e. The fourth-order valence-electron chi connectivity index (χ4n) is 2.58. The molecule has 2 atom stereocenters. The van der Waals surface area contributed by atoms with Gasteiger partial charge in [0.1, 0.15) is 0 Å². The van der Waals surface area contributed by atoms with Crippen molar-refractivity contribution in [1.29, 1.82) is 0 Å². The summed E-state index contributed by atoms with van der Waals surface area (Å²) in [6, 6.07) is 0. The molecule has 1 aliphatic heterocycles. The van der Waals surface area contributed by atoms with Crippen molar-refractivity contribution in [3.8, 4) is 0 Å². The second-order valence-electron chi connectivity index (χ2n) is 6.45. The van der Waals surface area contributed by atoms with Gasteiger partial charge in [-0.05, 0) is 44.7 Å². The SMILES string of the molecule is COCCNCC1CCCN(CC(C)(O)C(C)C)C1. The Bertz CT molecular complexity index is 244. The highest BCUT2D eigenvalue weighted by Gasteiger charge is 2.30. The van der Waals surface area contributed by atoms with Gasteiger partial charge in [0.05, 0.1) is 12.2 Å². The van der Waals surface area contributed by atoms with E-state index in [4.69, 9.17) is 4.74 Å². The third kappa shape index (κ3) is 6.21. The third-order valence-corrected chi connectivity index (χ3v) is 4.31. The normalized spacial score (nSPS) is 24.6. The third-order valence-electron chi connectivity index (χ3n) is 4.31. The Kier molecular flexibility index (Phi) is 7.29. The Morgan fingerprint density at radius 1 is 1.47 bits per heavy atom. The fourth-order valence-corrected chi connectivity index (χ4v) is 2.58. The number of hydrogen-bond donors (Lipinski definition) is 2. The summed E-state index contributed by atoms with van der Waals surface area (Å²) in [5.41, 5.74) is -0.578. The van der Waals surface area contributed by atoms with Crippen molar-refractivity contribution in [2.75, 3.05) is 46.4 Å². The lowest BCUT2D eigenvalue weighted by Crippen LogP contribution is -2.49. The van der Waals surface area contributed by atoms with E-state index < -0.39 is 5.60 Å². The number of likely N-dealkylation sites (tertiary alicyclic amines) is 1. The van der Waals surface area contributed by atoms with Crippen LogP contribution < -0.4 is 5.32 Å². The van der Waals surface area contributed by atoms with Gasteiger partial charge in [-0.15, -0.1) is 0 Å². The van der Waals surface area contributed by atoms with Crippen molar-refractivity contribution in [3.63, 3.8) is 0 Å². The lowest BCUT2D eigenvalue weighted by molar-refractivity contribution is -0.0276. The molecule has 0 aromatic rings. The average Bonchev–Trinajstić information content (AvgIpc) is 2.34. The number of hydrogen-bond acceptors (Lipinski definition) is 4. The van der Waals surface area contributed by atoms with Gasteiger partial charge in [0.15, 0.2) is 0 Å². The standard InChI is InChI=1S/C15H32N2O2/c1-13(2)15(3,18)12-17-8-5-6-14(11-17)10-16-7-9-19-4/h13-14,16,18H,5-12H2,1-4H3. The summed E-state index contributed by atoms with van der Waals surface area (Å²) in [6.07, 6.45) is 2.53. The summed E-state index contributed by atoms with van der Waals surface area (Å²) in [5.74, 6) is 1.00. The molecule has 2 N–H and O–H groups in total. The predicted molar refractivity (Wildman–Crippen MR) is 79.4 cm³/mol. The van der Waals surface area contributed by atoms with Crippen LogP contribution in [0.5, 0.6) is 0 Å². The molecule has 114 valence electrons. The van der Waals surface area contributed by atoms with Crippen LogP contribution in [0, 0.1) is 11.8 Å². The van der Waals surface area contributed by atoms with Crippen LogP contribution in [0.3, 0.4) is 0 Å². The van der Waals surface area contributed by atoms with Crippen molar-refractivity contribution in [2.45, 2.75) is 39.2 Å². The Balaban J connectivity index is 2.29. The Hall–Kier alpha value is -0.160. The van der Waals surface area contributed by atoms with E-state index in [0.717, 1.165) is 39.3 Å². The quantitative estimate of drug-likeness (QED) is 0.655. The summed E-state index contributed by atoms with van der Waals surface area (Å²) >= 11 is 0. The van der Waals surface area contributed by atoms with E-state index in [2.05, 4.69) is 24.1 Å². The molecule has 1 rings (SSSR count). The van der Waals surface area contributed by atoms with Gasteiger partial charge in [0.2, 0.25) is 0 Å². The minimum atomic E-state index is -0.578. The molecule has 1 aliphatic rings. The van der Waals surface area contributed by atoms with E-state index in [1.165, 1.54) is 12.8 Å². The molecule has 4 nitrogen and oxygen atoms in total. The molecule has 4 heteroatoms. The lowest BCUT2D eigenvalue weighted by Gasteiger charge is -2.39. The van der Waals surface area contributed by atoms with E-state index in [1.54, 1.807) is 7.11 Å². The molecule has 1 fully saturated rings. The number of ether oxygens (including phenoxy) is 1. The monoisotopic (exact) mass is 272 g/mol. The largest absolute Gasteiger partial charge is 0.389 e. The first-order valence-corrected chi connectivity index (χ1v) is 7.60. The maximum Gasteiger partial charge on any atom is 0.0768 e. The van der Waals surface area contributed by atoms with Crippen molar-refractivity contribution < 1.29 is 9.84 Å². The molecule has 0 saturated carbocycles. The minimum absolute atomic E-state index is 0.299. The van der Waals surface area contributed by atoms with Crippen LogP contribution in [0.1, 0.15) is 33.6 Å². The second-order valence-corrected chi connectivity index (χ2v) is 6.45. The summed E-state index contributed by atoms with van der Waals surface area (Å²) < 4.78 is 5.04. The number of piperidine rings is 1. The molecular weight excluding hydrogens is 240 g/mol. The average molecular weight is 272 g/mol. The highest BCUT2D eigenvalue weighted by Crippen LogP contribution is 2.22. The summed E-state index contributed by atoms with van der Waals surface area (Å²) in [4.78, 5) is 2.42. The first-order valence-electron chi connectivity index (χ1n) is 7.60. The van der Waals surface area contributed by atoms with Crippen molar-refractivity contribution in [2.24, 2.45) is 11.8 Å². The number of methoxy groups -OCH3 is 1. The van der Waals surface area contributed by atoms with Crippen LogP contribution >= 0.6 is 0 Å². The van der Waals surface area contributed by atoms with Crippen LogP contribution in [-0.2, 0) is 4.74 Å². The van der Waals surface area contributed by atoms with Crippen LogP contribution in [0.25, 0.3) is 0 Å². The molecular formula is C15H32N2O2. The van der Waals surface area contributed by atoms with Gasteiger partial charge in [-0.2, -0.15) is 0 Å². The highest BCUT2D eigenvalue weighted by atomic mass is 16.5. The molecule has 2 unspecified atom stereocenters. The predicted octanol–water partition coefficient (Wildman–Crippen LogP) is 1.34. The Morgan fingerprint density at radius 3 is 2.84 bits per heavy atom. The Labute approximate surface area is 118 Å². The van der Waals surface area contributed by atoms with Gasteiger partial charge in [0.25, 0.3) is 0 Å². The van der Waals surface area contributed by atoms with E-state index >= 15 is 0 Å². The van der Waals surface area contributed by atoms with Gasteiger partial charge in [-0.25, -0.2) is 0 Å². The number of rotatable bonds is 8. The molecule has 0 spiro atoms. The number of nitrogens with zero attached hydrogens (tertiary/aromatic N) is 1. The van der Waals surface area contributed by atoms with E-state index in [0.29, 0.717) is 11.8 Å². The summed E-state index contributed by atoms with van der Waals surface area (Å²) in [6.45, 7) is 11.9. The first-order chi connectivity index (χ1) is 8.95. The van der Waals surface area contributed by atoms with Crippen molar-refractivity contribution in [3.05, 3.63) is 0 Å². The van der Waals surface area contributed by atoms with Gasteiger partial charge in [-0.1, -0.05) is 13.8 Å². The van der Waals surface area contributed by atoms with Gasteiger partial charge >= 0.3 is 0 Å². The molecule has 0 aromatic heterocycles. The van der Waals surface area contributed by atoms with Crippen LogP contribution in [-0.4, -0.2) is 62.0 Å². The maximum absolute atomic E-state index is 10.4. The van der Waals surface area contributed by atoms with E-state index in [-0.39, 0.29) is 0 Å². The van der Waals surface area contributed by atoms with E-state index in [9.17, 15) is 5.11 Å². The molecule has 0 amide bonds. The summed E-state index contributed by atoms with van der Waals surface area (Å²) in [7, 11) is 1.73. The maximum atomic E-state index is 10.4. The van der Waals surface area contributed by atoms with Gasteiger partial charge in [0, 0.05) is 26.7 Å². The topological polar surface area (TPSA) is 44.7 Å². The fraction of sp³-hybridized carbons (Fsp3) is 1.00. The van der Waals surface area contributed by atoms with Gasteiger partial charge in [-0.3, -0.25) is 0 Å². The molecule has 19 heavy (non-hydrogen) atoms. The highest BCUT2D eigenvalue weighted by molar-refractivity contribution is 4.84. The zero-order valence-electron chi connectivity index (χ0n) is 13.1. The van der Waals surface area contributed by atoms with Crippen LogP contribution in [0.4, 0.5) is 0 Å². The van der Waals surface area contributed by atoms with Crippen LogP contribution in [0.2, 0.25) is 0 Å². The number of β-amino-alcohol motifs (C(OH)–C–C–N with tert-alkyl or cyclic N) is 1. The van der Waals surface area contributed by atoms with E-state index in [1.807, 2.05) is 6.92 Å². The zero-order chi connectivity index (χ0) is 14.3. The molecule has 0 aromatic carbocycles. The lowest BCUT2D eigenvalue weighted by atomic mass is 9.90. The van der Waals surface area contributed by atoms with Crippen molar-refractivity contribution in [1.82, 2.24) is 10.2 Å².